The van der Waals surface area contributed by atoms with Crippen LogP contribution in [0.2, 0.25) is 0 Å². The number of rotatable bonds is 16. The van der Waals surface area contributed by atoms with Gasteiger partial charge in [-0.05, 0) is 83.4 Å². The minimum absolute atomic E-state index is 0. The Kier molecular flexibility index (Phi) is 24.6. The van der Waals surface area contributed by atoms with Crippen LogP contribution in [0.5, 0.6) is 0 Å². The molecular weight excluding hydrogens is 870 g/mol. The average molecular weight is 953 g/mol. The molecule has 0 saturated heterocycles. The molecule has 0 saturated carbocycles. The smallest absolute Gasteiger partial charge is 0.0701 e. The minimum Gasteiger partial charge on any atom is -0.661 e. The van der Waals surface area contributed by atoms with E-state index in [1.54, 1.807) is 0 Å². The van der Waals surface area contributed by atoms with Crippen LogP contribution in [0.3, 0.4) is 0 Å². The Hall–Kier alpha value is -3.71. The quantitative estimate of drug-likeness (QED) is 0.0794. The van der Waals surface area contributed by atoms with E-state index in [2.05, 4.69) is 223 Å². The van der Waals surface area contributed by atoms with Gasteiger partial charge in [0, 0.05) is 44.4 Å². The molecule has 0 atom stereocenters. The molecular formula is C58H82N4Ni2-2. The minimum atomic E-state index is 0. The van der Waals surface area contributed by atoms with E-state index < -0.39 is 0 Å². The van der Waals surface area contributed by atoms with E-state index in [1.807, 2.05) is 0 Å². The molecule has 4 nitrogen and oxygen atoms in total. The Morgan fingerprint density at radius 2 is 0.531 bits per heavy atom. The molecule has 0 bridgehead atoms. The van der Waals surface area contributed by atoms with Gasteiger partial charge in [-0.2, -0.15) is 11.4 Å². The van der Waals surface area contributed by atoms with E-state index in [0.717, 1.165) is 45.6 Å². The second-order valence-corrected chi connectivity index (χ2v) is 19.7. The van der Waals surface area contributed by atoms with Crippen molar-refractivity contribution in [3.8, 4) is 0 Å². The molecule has 4 rings (SSSR count). The third-order valence-corrected chi connectivity index (χ3v) is 11.4. The van der Waals surface area contributed by atoms with E-state index in [0.29, 0.717) is 47.3 Å². The van der Waals surface area contributed by atoms with Crippen molar-refractivity contribution < 1.29 is 33.0 Å². The van der Waals surface area contributed by atoms with Crippen molar-refractivity contribution in [3.05, 3.63) is 151 Å². The molecule has 0 aromatic heterocycles. The van der Waals surface area contributed by atoms with Gasteiger partial charge in [0.2, 0.25) is 0 Å². The molecule has 0 N–H and O–H groups in total. The Morgan fingerprint density at radius 3 is 0.719 bits per heavy atom. The van der Waals surface area contributed by atoms with Gasteiger partial charge in [0.05, 0.1) is 11.4 Å². The van der Waals surface area contributed by atoms with Gasteiger partial charge in [0.15, 0.2) is 0 Å². The molecule has 6 heteroatoms. The van der Waals surface area contributed by atoms with Crippen molar-refractivity contribution in [3.63, 3.8) is 0 Å². The Balaban J connectivity index is 0.000000621. The van der Waals surface area contributed by atoms with E-state index >= 15 is 0 Å². The number of hydrogen-bond acceptors (Lipinski definition) is 2. The van der Waals surface area contributed by atoms with Gasteiger partial charge in [0.1, 0.15) is 0 Å². The third kappa shape index (κ3) is 16.3. The van der Waals surface area contributed by atoms with Gasteiger partial charge in [-0.15, -0.1) is 11.4 Å². The number of nitrogens with zero attached hydrogens (tertiary/aromatic N) is 4. The zero-order valence-electron chi connectivity index (χ0n) is 43.1. The van der Waals surface area contributed by atoms with Crippen molar-refractivity contribution in [2.24, 2.45) is 9.98 Å². The molecule has 0 amide bonds. The summed E-state index contributed by atoms with van der Waals surface area (Å²) in [6.07, 6.45) is 4.23. The molecule has 0 aliphatic rings. The summed E-state index contributed by atoms with van der Waals surface area (Å²) in [5, 5.41) is 10.2. The van der Waals surface area contributed by atoms with Crippen LogP contribution in [-0.4, -0.2) is 11.4 Å². The Labute approximate surface area is 412 Å². The van der Waals surface area contributed by atoms with Crippen molar-refractivity contribution in [2.75, 3.05) is 0 Å². The fraction of sp³-hybridized carbons (Fsp3) is 0.483. The predicted octanol–water partition coefficient (Wildman–Crippen LogP) is 19.8. The van der Waals surface area contributed by atoms with Crippen molar-refractivity contribution in [1.29, 1.82) is 0 Å². The van der Waals surface area contributed by atoms with Crippen LogP contribution in [0.25, 0.3) is 10.6 Å². The van der Waals surface area contributed by atoms with Gasteiger partial charge >= 0.3 is 0 Å². The summed E-state index contributed by atoms with van der Waals surface area (Å²) in [6, 6.07) is 26.3. The summed E-state index contributed by atoms with van der Waals surface area (Å²) in [5.74, 6) is 3.49. The monoisotopic (exact) mass is 951 g/mol. The molecule has 356 valence electrons. The zero-order chi connectivity index (χ0) is 46.6. The predicted molar refractivity (Wildman–Crippen MR) is 278 cm³/mol. The van der Waals surface area contributed by atoms with Crippen LogP contribution < -0.4 is 0 Å². The van der Waals surface area contributed by atoms with Gasteiger partial charge < -0.3 is 10.6 Å². The third-order valence-electron chi connectivity index (χ3n) is 11.4. The largest absolute Gasteiger partial charge is 0.661 e. The summed E-state index contributed by atoms with van der Waals surface area (Å²) in [4.78, 5) is 10.2. The molecule has 0 heterocycles. The number of allylic oxidation sites excluding steroid dienone is 4. The van der Waals surface area contributed by atoms with Crippen molar-refractivity contribution >= 4 is 34.2 Å². The average Bonchev–Trinajstić information content (AvgIpc) is 3.17. The fourth-order valence-electron chi connectivity index (χ4n) is 8.00. The molecule has 4 aromatic rings. The van der Waals surface area contributed by atoms with Gasteiger partial charge in [-0.3, -0.25) is 9.98 Å². The topological polar surface area (TPSA) is 52.9 Å². The van der Waals surface area contributed by atoms with Crippen LogP contribution in [0.15, 0.2) is 106 Å². The number of benzene rings is 4. The van der Waals surface area contributed by atoms with Crippen LogP contribution >= 0.6 is 0 Å². The van der Waals surface area contributed by atoms with Crippen molar-refractivity contribution in [1.82, 2.24) is 0 Å². The van der Waals surface area contributed by atoms with E-state index in [9.17, 15) is 0 Å². The molecule has 0 aliphatic carbocycles. The number of hydrogen-bond donors (Lipinski definition) is 0. The Bertz CT molecular complexity index is 1950. The zero-order valence-corrected chi connectivity index (χ0v) is 45.1. The SMILES string of the molecule is CC(/C=C(/C)[N-]c1c(C(C)C)cccc1C(C)C)=Nc1c(C(C)C)cccc1C(C)C.CC(/C=C(/C)[N-]c1c(C(C)C)cccc1C(C)C)=Nc1c(C(C)C)cccc1C(C)C.[Ni].[Ni]. The first kappa shape index (κ1) is 58.3. The second-order valence-electron chi connectivity index (χ2n) is 19.7. The van der Waals surface area contributed by atoms with Crippen LogP contribution in [0, 0.1) is 0 Å². The van der Waals surface area contributed by atoms with Crippen molar-refractivity contribution in [2.45, 2.75) is 186 Å². The number of aliphatic imine (C=N–C) groups is 2. The maximum Gasteiger partial charge on any atom is 0.0701 e. The molecule has 0 fully saturated rings. The van der Waals surface area contributed by atoms with E-state index in [4.69, 9.17) is 20.6 Å². The van der Waals surface area contributed by atoms with E-state index in [-0.39, 0.29) is 33.0 Å². The maximum absolute atomic E-state index is 5.08. The summed E-state index contributed by atoms with van der Waals surface area (Å²) >= 11 is 0. The maximum atomic E-state index is 5.08. The van der Waals surface area contributed by atoms with Crippen LogP contribution in [0.1, 0.15) is 230 Å². The first-order chi connectivity index (χ1) is 29.0. The second kappa shape index (κ2) is 27.1. The molecule has 0 radical (unpaired) electrons. The van der Waals surface area contributed by atoms with Gasteiger partial charge in [0.25, 0.3) is 0 Å². The summed E-state index contributed by atoms with van der Waals surface area (Å²) < 4.78 is 0. The molecule has 0 aliphatic heterocycles. The van der Waals surface area contributed by atoms with Gasteiger partial charge in [-0.25, -0.2) is 0 Å². The first-order valence-electron chi connectivity index (χ1n) is 23.5. The standard InChI is InChI=1S/2C29H41N2.2Ni/c2*1-18(2)24-13-11-14-25(19(3)4)28(24)30-22(9)17-23(10)31-29-26(20(5)6)15-12-16-27(29)21(7)8;;/h2*11-21H,1-10H3;;/q2*-1;;/b2*22-17-,31-23?;;. The summed E-state index contributed by atoms with van der Waals surface area (Å²) in [6.45, 7) is 44.1. The van der Waals surface area contributed by atoms with Crippen LogP contribution in [-0.2, 0) is 33.0 Å². The van der Waals surface area contributed by atoms with Gasteiger partial charge in [-0.1, -0.05) is 232 Å². The molecule has 0 spiro atoms. The first-order valence-corrected chi connectivity index (χ1v) is 23.5. The summed E-state index contributed by atoms with van der Waals surface area (Å²) in [5.41, 5.74) is 18.9. The Morgan fingerprint density at radius 1 is 0.344 bits per heavy atom. The molecule has 0 unspecified atom stereocenters. The molecule has 4 aromatic carbocycles. The molecule has 64 heavy (non-hydrogen) atoms. The van der Waals surface area contributed by atoms with E-state index in [1.165, 1.54) is 44.5 Å². The fourth-order valence-corrected chi connectivity index (χ4v) is 8.00. The van der Waals surface area contributed by atoms with Crippen LogP contribution in [0.4, 0.5) is 22.7 Å². The summed E-state index contributed by atoms with van der Waals surface area (Å²) in [7, 11) is 0. The number of para-hydroxylation sites is 4. The normalized spacial score (nSPS) is 12.7.